The Balaban J connectivity index is 2.06. The molecule has 1 fully saturated rings. The second-order valence-corrected chi connectivity index (χ2v) is 5.87. The van der Waals surface area contributed by atoms with Gasteiger partial charge in [-0.3, -0.25) is 4.79 Å². The fourth-order valence-electron chi connectivity index (χ4n) is 2.43. The highest BCUT2D eigenvalue weighted by molar-refractivity contribution is 7.98. The fourth-order valence-corrected chi connectivity index (χ4v) is 2.83. The molecule has 0 radical (unpaired) electrons. The minimum absolute atomic E-state index is 0.521. The summed E-state index contributed by atoms with van der Waals surface area (Å²) in [5, 5.41) is 9.33. The number of carbonyl (C=O) groups is 1. The van der Waals surface area contributed by atoms with E-state index in [4.69, 9.17) is 0 Å². The molecule has 0 saturated heterocycles. The first-order chi connectivity index (χ1) is 8.57. The van der Waals surface area contributed by atoms with Crippen LogP contribution in [0.15, 0.2) is 29.2 Å². The van der Waals surface area contributed by atoms with Crippen molar-refractivity contribution in [3.63, 3.8) is 0 Å². The maximum absolute atomic E-state index is 11.3. The van der Waals surface area contributed by atoms with Gasteiger partial charge in [-0.05, 0) is 43.4 Å². The third-order valence-electron chi connectivity index (χ3n) is 3.82. The van der Waals surface area contributed by atoms with Crippen LogP contribution < -0.4 is 4.90 Å². The Morgan fingerprint density at radius 1 is 1.39 bits per heavy atom. The Kier molecular flexibility index (Phi) is 3.85. The van der Waals surface area contributed by atoms with Crippen LogP contribution in [-0.4, -0.2) is 30.9 Å². The van der Waals surface area contributed by atoms with Crippen molar-refractivity contribution >= 4 is 23.4 Å². The zero-order valence-electron chi connectivity index (χ0n) is 10.8. The molecule has 3 nitrogen and oxygen atoms in total. The molecule has 18 heavy (non-hydrogen) atoms. The highest BCUT2D eigenvalue weighted by Crippen LogP contribution is 2.42. The molecule has 0 spiro atoms. The normalized spacial score (nSPS) is 17.0. The predicted octanol–water partition coefficient (Wildman–Crippen LogP) is 3.10. The molecule has 0 heterocycles. The number of carboxylic acids is 1. The van der Waals surface area contributed by atoms with Crippen molar-refractivity contribution in [2.45, 2.75) is 24.2 Å². The van der Waals surface area contributed by atoms with Crippen LogP contribution in [0.5, 0.6) is 0 Å². The third kappa shape index (κ3) is 2.48. The molecule has 1 aromatic rings. The van der Waals surface area contributed by atoms with E-state index in [0.717, 1.165) is 24.9 Å². The zero-order chi connectivity index (χ0) is 13.2. The smallest absolute Gasteiger partial charge is 0.311 e. The van der Waals surface area contributed by atoms with Gasteiger partial charge in [0.2, 0.25) is 0 Å². The molecule has 0 amide bonds. The van der Waals surface area contributed by atoms with E-state index in [1.807, 2.05) is 13.3 Å². The minimum Gasteiger partial charge on any atom is -0.481 e. The number of hydrogen-bond acceptors (Lipinski definition) is 3. The van der Waals surface area contributed by atoms with Gasteiger partial charge in [0.25, 0.3) is 0 Å². The van der Waals surface area contributed by atoms with E-state index in [2.05, 4.69) is 29.2 Å². The summed E-state index contributed by atoms with van der Waals surface area (Å²) in [6, 6.07) is 8.26. The second kappa shape index (κ2) is 5.22. The van der Waals surface area contributed by atoms with Gasteiger partial charge in [0.15, 0.2) is 0 Å². The van der Waals surface area contributed by atoms with E-state index in [0.29, 0.717) is 6.54 Å². The summed E-state index contributed by atoms with van der Waals surface area (Å²) in [6.07, 6.45) is 4.68. The van der Waals surface area contributed by atoms with E-state index < -0.39 is 11.4 Å². The van der Waals surface area contributed by atoms with Gasteiger partial charge in [-0.25, -0.2) is 0 Å². The summed E-state index contributed by atoms with van der Waals surface area (Å²) < 4.78 is 0. The molecule has 1 N–H and O–H groups in total. The van der Waals surface area contributed by atoms with Crippen molar-refractivity contribution in [1.82, 2.24) is 0 Å². The van der Waals surface area contributed by atoms with Crippen molar-refractivity contribution in [3.8, 4) is 0 Å². The van der Waals surface area contributed by atoms with Crippen LogP contribution in [0.1, 0.15) is 19.3 Å². The number of nitrogens with zero attached hydrogens (tertiary/aromatic N) is 1. The summed E-state index contributed by atoms with van der Waals surface area (Å²) in [4.78, 5) is 14.6. The average Bonchev–Trinajstić information content (AvgIpc) is 2.33. The van der Waals surface area contributed by atoms with Crippen LogP contribution in [0.3, 0.4) is 0 Å². The van der Waals surface area contributed by atoms with E-state index in [9.17, 15) is 9.90 Å². The Hall–Kier alpha value is -1.16. The van der Waals surface area contributed by atoms with Crippen LogP contribution in [0, 0.1) is 5.41 Å². The summed E-state index contributed by atoms with van der Waals surface area (Å²) in [7, 11) is 1.97. The maximum atomic E-state index is 11.3. The van der Waals surface area contributed by atoms with Gasteiger partial charge in [-0.15, -0.1) is 11.8 Å². The molecular weight excluding hydrogens is 246 g/mol. The monoisotopic (exact) mass is 265 g/mol. The second-order valence-electron chi connectivity index (χ2n) is 4.99. The highest BCUT2D eigenvalue weighted by atomic mass is 32.2. The van der Waals surface area contributed by atoms with Crippen molar-refractivity contribution in [2.24, 2.45) is 5.41 Å². The lowest BCUT2D eigenvalue weighted by atomic mass is 9.68. The summed E-state index contributed by atoms with van der Waals surface area (Å²) in [5.41, 5.74) is 0.563. The van der Waals surface area contributed by atoms with Gasteiger partial charge >= 0.3 is 5.97 Å². The van der Waals surface area contributed by atoms with Crippen molar-refractivity contribution in [3.05, 3.63) is 24.3 Å². The van der Waals surface area contributed by atoms with Gasteiger partial charge in [0.05, 0.1) is 5.41 Å². The molecule has 1 aliphatic rings. The first-order valence-electron chi connectivity index (χ1n) is 6.16. The largest absolute Gasteiger partial charge is 0.481 e. The molecule has 98 valence electrons. The minimum atomic E-state index is -0.652. The Labute approximate surface area is 112 Å². The topological polar surface area (TPSA) is 40.5 Å². The molecule has 0 aromatic heterocycles. The highest BCUT2D eigenvalue weighted by Gasteiger charge is 2.45. The summed E-state index contributed by atoms with van der Waals surface area (Å²) in [5.74, 6) is -0.652. The van der Waals surface area contributed by atoms with Crippen molar-refractivity contribution < 1.29 is 9.90 Å². The van der Waals surface area contributed by atoms with Crippen LogP contribution in [0.25, 0.3) is 0 Å². The predicted molar refractivity (Wildman–Crippen MR) is 75.4 cm³/mol. The quantitative estimate of drug-likeness (QED) is 0.831. The molecule has 4 heteroatoms. The first-order valence-corrected chi connectivity index (χ1v) is 7.38. The molecule has 0 bridgehead atoms. The fraction of sp³-hybridized carbons (Fsp3) is 0.500. The number of thioether (sulfide) groups is 1. The average molecular weight is 265 g/mol. The molecule has 1 saturated carbocycles. The van der Waals surface area contributed by atoms with Crippen LogP contribution >= 0.6 is 11.8 Å². The number of benzene rings is 1. The standard InChI is InChI=1S/C14H19NO2S/c1-15(10-14(13(16)17)8-3-9-14)11-4-6-12(18-2)7-5-11/h4-7H,3,8-10H2,1-2H3,(H,16,17). The third-order valence-corrected chi connectivity index (χ3v) is 4.56. The van der Waals surface area contributed by atoms with Crippen LogP contribution in [-0.2, 0) is 4.79 Å². The molecule has 0 aliphatic heterocycles. The summed E-state index contributed by atoms with van der Waals surface area (Å²) in [6.45, 7) is 0.598. The number of aliphatic carboxylic acids is 1. The molecular formula is C14H19NO2S. The Morgan fingerprint density at radius 3 is 2.39 bits per heavy atom. The van der Waals surface area contributed by atoms with E-state index >= 15 is 0 Å². The zero-order valence-corrected chi connectivity index (χ0v) is 11.7. The Bertz CT molecular complexity index is 426. The van der Waals surface area contributed by atoms with Gasteiger partial charge < -0.3 is 10.0 Å². The molecule has 1 aromatic carbocycles. The first kappa shape index (κ1) is 13.3. The van der Waals surface area contributed by atoms with Gasteiger partial charge in [-0.2, -0.15) is 0 Å². The molecule has 0 unspecified atom stereocenters. The molecule has 2 rings (SSSR count). The van der Waals surface area contributed by atoms with Crippen LogP contribution in [0.4, 0.5) is 5.69 Å². The molecule has 0 atom stereocenters. The number of rotatable bonds is 5. The molecule has 1 aliphatic carbocycles. The van der Waals surface area contributed by atoms with Crippen molar-refractivity contribution in [1.29, 1.82) is 0 Å². The van der Waals surface area contributed by atoms with Gasteiger partial charge in [0.1, 0.15) is 0 Å². The maximum Gasteiger partial charge on any atom is 0.311 e. The SMILES string of the molecule is CSc1ccc(N(C)CC2(C(=O)O)CCC2)cc1. The number of anilines is 1. The van der Waals surface area contributed by atoms with Crippen molar-refractivity contribution in [2.75, 3.05) is 24.7 Å². The van der Waals surface area contributed by atoms with E-state index in [-0.39, 0.29) is 0 Å². The number of hydrogen-bond donors (Lipinski definition) is 1. The van der Waals surface area contributed by atoms with Crippen LogP contribution in [0.2, 0.25) is 0 Å². The lowest BCUT2D eigenvalue weighted by Crippen LogP contribution is -2.46. The Morgan fingerprint density at radius 2 is 2.00 bits per heavy atom. The van der Waals surface area contributed by atoms with Gasteiger partial charge in [-0.1, -0.05) is 6.42 Å². The lowest BCUT2D eigenvalue weighted by Gasteiger charge is -2.41. The summed E-state index contributed by atoms with van der Waals surface area (Å²) >= 11 is 1.71. The number of carboxylic acid groups (broad SMARTS) is 1. The van der Waals surface area contributed by atoms with Gasteiger partial charge in [0, 0.05) is 24.2 Å². The lowest BCUT2D eigenvalue weighted by molar-refractivity contribution is -0.153. The van der Waals surface area contributed by atoms with E-state index in [1.165, 1.54) is 4.90 Å². The van der Waals surface area contributed by atoms with E-state index in [1.54, 1.807) is 11.8 Å².